The molecular weight excluding hydrogens is 340 g/mol. The zero-order valence-electron chi connectivity index (χ0n) is 16.3. The van der Waals surface area contributed by atoms with Crippen LogP contribution in [0.5, 0.6) is 0 Å². The Morgan fingerprint density at radius 3 is 1.92 bits per heavy atom. The molecule has 1 heterocycles. The number of nitrogens with one attached hydrogen (secondary N) is 1. The van der Waals surface area contributed by atoms with Gasteiger partial charge >= 0.3 is 6.09 Å². The third-order valence-electron chi connectivity index (χ3n) is 4.58. The molecule has 1 aliphatic heterocycles. The second-order valence-electron chi connectivity index (χ2n) is 8.37. The normalized spacial score (nSPS) is 24.9. The summed E-state index contributed by atoms with van der Waals surface area (Å²) in [6, 6.07) is 0. The largest absolute Gasteiger partial charge is 0.444 e. The summed E-state index contributed by atoms with van der Waals surface area (Å²) in [6.07, 6.45) is 8.37. The van der Waals surface area contributed by atoms with E-state index in [2.05, 4.69) is 4.72 Å². The van der Waals surface area contributed by atoms with Crippen molar-refractivity contribution in [3.63, 3.8) is 0 Å². The van der Waals surface area contributed by atoms with Gasteiger partial charge in [-0.25, -0.2) is 17.9 Å². The number of thiol groups is 1. The highest BCUT2D eigenvalue weighted by molar-refractivity contribution is 7.70. The molecule has 0 bridgehead atoms. The predicted molar refractivity (Wildman–Crippen MR) is 101 cm³/mol. The quantitative estimate of drug-likeness (QED) is 0.722. The minimum absolute atomic E-state index is 0.225. The second kappa shape index (κ2) is 10.4. The summed E-state index contributed by atoms with van der Waals surface area (Å²) in [5.41, 5.74) is -0.811. The van der Waals surface area contributed by atoms with Crippen LogP contribution in [0.2, 0.25) is 0 Å². The molecule has 1 amide bonds. The lowest BCUT2D eigenvalue weighted by atomic mass is 9.89. The summed E-state index contributed by atoms with van der Waals surface area (Å²) >= 11 is 0. The van der Waals surface area contributed by atoms with Crippen molar-refractivity contribution < 1.29 is 17.9 Å². The maximum Gasteiger partial charge on any atom is 0.410 e. The topological polar surface area (TPSA) is 75.7 Å². The van der Waals surface area contributed by atoms with Crippen molar-refractivity contribution in [1.29, 1.82) is 0 Å². The average molecular weight is 377 g/mol. The molecule has 0 saturated carbocycles. The number of carbonyl (C=O) groups excluding carboxylic acids is 1. The number of amides is 1. The Balaban J connectivity index is 2.61. The fourth-order valence-electron chi connectivity index (χ4n) is 3.24. The van der Waals surface area contributed by atoms with Crippen LogP contribution in [0.15, 0.2) is 0 Å². The molecule has 6 nitrogen and oxygen atoms in total. The van der Waals surface area contributed by atoms with Crippen LogP contribution in [-0.2, 0) is 15.6 Å². The van der Waals surface area contributed by atoms with Crippen molar-refractivity contribution in [2.75, 3.05) is 13.1 Å². The van der Waals surface area contributed by atoms with Crippen LogP contribution >= 0.6 is 0 Å². The zero-order chi connectivity index (χ0) is 18.9. The molecule has 0 radical (unpaired) electrons. The highest BCUT2D eigenvalue weighted by Crippen LogP contribution is 2.23. The summed E-state index contributed by atoms with van der Waals surface area (Å²) in [7, 11) is -2.57. The first-order chi connectivity index (χ1) is 11.6. The Bertz CT molecular complexity index is 480. The second-order valence-corrected chi connectivity index (χ2v) is 9.11. The van der Waals surface area contributed by atoms with Gasteiger partial charge in [-0.3, -0.25) is 0 Å². The van der Waals surface area contributed by atoms with Gasteiger partial charge in [0.1, 0.15) is 5.60 Å². The smallest absolute Gasteiger partial charge is 0.410 e. The fraction of sp³-hybridized carbons (Fsp3) is 0.944. The Morgan fingerprint density at radius 1 is 0.960 bits per heavy atom. The molecular formula is C18H36N2O4S. The molecule has 0 aliphatic carbocycles. The molecule has 1 aliphatic rings. The lowest BCUT2D eigenvalue weighted by molar-refractivity contribution is 0.0243. The predicted octanol–water partition coefficient (Wildman–Crippen LogP) is 3.62. The Morgan fingerprint density at radius 2 is 1.44 bits per heavy atom. The van der Waals surface area contributed by atoms with Gasteiger partial charge in [0, 0.05) is 18.6 Å². The fourth-order valence-corrected chi connectivity index (χ4v) is 3.91. The van der Waals surface area contributed by atoms with Gasteiger partial charge in [-0.2, -0.15) is 0 Å². The van der Waals surface area contributed by atoms with Gasteiger partial charge in [-0.1, -0.05) is 32.1 Å². The monoisotopic (exact) mass is 376 g/mol. The van der Waals surface area contributed by atoms with Crippen molar-refractivity contribution >= 4 is 17.0 Å². The van der Waals surface area contributed by atoms with Gasteiger partial charge in [-0.05, 0) is 53.4 Å². The van der Waals surface area contributed by atoms with E-state index in [1.54, 1.807) is 0 Å². The summed E-state index contributed by atoms with van der Waals surface area (Å²) < 4.78 is 30.5. The van der Waals surface area contributed by atoms with E-state index in [-0.39, 0.29) is 11.6 Å². The molecule has 1 fully saturated rings. The van der Waals surface area contributed by atoms with E-state index in [0.29, 0.717) is 6.54 Å². The van der Waals surface area contributed by atoms with Gasteiger partial charge in [0.25, 0.3) is 0 Å². The average Bonchev–Trinajstić information content (AvgIpc) is 2.46. The van der Waals surface area contributed by atoms with Crippen molar-refractivity contribution in [2.45, 2.75) is 96.6 Å². The van der Waals surface area contributed by atoms with Gasteiger partial charge in [0.05, 0.1) is 0 Å². The van der Waals surface area contributed by atoms with E-state index in [1.165, 1.54) is 0 Å². The highest BCUT2D eigenvalue weighted by Gasteiger charge is 2.25. The summed E-state index contributed by atoms with van der Waals surface area (Å²) in [5.74, 6) is 0. The van der Waals surface area contributed by atoms with Crippen LogP contribution in [-0.4, -0.2) is 43.6 Å². The number of carbonyl (C=O) groups is 1. The maximum absolute atomic E-state index is 12.3. The highest BCUT2D eigenvalue weighted by atomic mass is 32.2. The molecule has 1 atom stereocenters. The summed E-state index contributed by atoms with van der Waals surface area (Å²) in [5, 5.41) is 0. The van der Waals surface area contributed by atoms with Crippen LogP contribution in [0, 0.1) is 0 Å². The van der Waals surface area contributed by atoms with E-state index >= 15 is 0 Å². The summed E-state index contributed by atoms with van der Waals surface area (Å²) in [6.45, 7) is 9.11. The Kier molecular flexibility index (Phi) is 9.21. The van der Waals surface area contributed by atoms with Gasteiger partial charge in [-0.15, -0.1) is 0 Å². The molecule has 148 valence electrons. The van der Waals surface area contributed by atoms with Crippen molar-refractivity contribution in [2.24, 2.45) is 0 Å². The maximum atomic E-state index is 12.3. The van der Waals surface area contributed by atoms with Crippen LogP contribution < -0.4 is 4.72 Å². The van der Waals surface area contributed by atoms with Gasteiger partial charge in [0.15, 0.2) is 0 Å². The molecule has 0 aromatic carbocycles. The first kappa shape index (κ1) is 22.2. The number of nitrogens with zero attached hydrogens (tertiary/aromatic N) is 1. The van der Waals surface area contributed by atoms with Crippen LogP contribution in [0.4, 0.5) is 4.79 Å². The molecule has 0 aromatic heterocycles. The van der Waals surface area contributed by atoms with Crippen molar-refractivity contribution in [3.8, 4) is 0 Å². The molecule has 0 spiro atoms. The van der Waals surface area contributed by atoms with E-state index in [4.69, 9.17) is 4.74 Å². The summed E-state index contributed by atoms with van der Waals surface area (Å²) in [4.78, 5) is 14.2. The minimum Gasteiger partial charge on any atom is -0.444 e. The van der Waals surface area contributed by atoms with Gasteiger partial charge in [0.2, 0.25) is 10.9 Å². The Labute approximate surface area is 154 Å². The lowest BCUT2D eigenvalue weighted by Crippen LogP contribution is -2.41. The van der Waals surface area contributed by atoms with Crippen LogP contribution in [0.3, 0.4) is 0 Å². The van der Waals surface area contributed by atoms with Crippen LogP contribution in [0.1, 0.15) is 85.5 Å². The molecule has 25 heavy (non-hydrogen) atoms. The van der Waals surface area contributed by atoms with Crippen molar-refractivity contribution in [3.05, 3.63) is 0 Å². The SMILES string of the molecule is CC1(N[SH](=O)=O)CCCCCCN(C(=O)OC(C)(C)C)CCCCC1. The van der Waals surface area contributed by atoms with E-state index in [0.717, 1.165) is 64.3 Å². The van der Waals surface area contributed by atoms with E-state index in [1.807, 2.05) is 32.6 Å². The van der Waals surface area contributed by atoms with Gasteiger partial charge < -0.3 is 9.64 Å². The molecule has 1 rings (SSSR count). The number of hydrogen-bond donors (Lipinski definition) is 2. The third kappa shape index (κ3) is 10.0. The van der Waals surface area contributed by atoms with Crippen molar-refractivity contribution in [1.82, 2.24) is 9.62 Å². The minimum atomic E-state index is -2.57. The first-order valence-electron chi connectivity index (χ1n) is 9.51. The number of hydrogen-bond acceptors (Lipinski definition) is 4. The molecule has 0 aromatic rings. The number of ether oxygens (including phenoxy) is 1. The third-order valence-corrected chi connectivity index (χ3v) is 5.30. The Hall–Kier alpha value is -0.820. The zero-order valence-corrected chi connectivity index (χ0v) is 17.2. The van der Waals surface area contributed by atoms with Crippen LogP contribution in [0.25, 0.3) is 0 Å². The van der Waals surface area contributed by atoms with E-state index < -0.39 is 16.5 Å². The molecule has 1 N–H and O–H groups in total. The lowest BCUT2D eigenvalue weighted by Gasteiger charge is -2.28. The standard InChI is InChI=1S/C18H36N2O4S/c1-17(2,3)24-16(21)20-14-10-6-5-8-12-18(4,19-25(22)23)13-9-7-11-15-20/h25H,5-15H2,1-4H3,(H,19,22,23). The molecule has 1 unspecified atom stereocenters. The number of rotatable bonds is 2. The molecule has 1 saturated heterocycles. The van der Waals surface area contributed by atoms with E-state index in [9.17, 15) is 13.2 Å². The first-order valence-corrected chi connectivity index (χ1v) is 10.7. The molecule has 7 heteroatoms.